The summed E-state index contributed by atoms with van der Waals surface area (Å²) in [5, 5.41) is 0. The molecule has 2 aromatic rings. The van der Waals surface area contributed by atoms with Gasteiger partial charge >= 0.3 is 179 Å². The fourth-order valence-corrected chi connectivity index (χ4v) is 28.1. The van der Waals surface area contributed by atoms with Crippen molar-refractivity contribution in [3.05, 3.63) is 91.1 Å². The Morgan fingerprint density at radius 1 is 0.897 bits per heavy atom. The van der Waals surface area contributed by atoms with E-state index < -0.39 is 17.4 Å². The SMILES string of the molecule is CC1=C(C)C(C)[C]([Zr]([CH3])([CH3])(=[SiH2])[CH]2C(C)=C(c3cccnc3)c3ccccc32)=C1C. The number of allylic oxidation sites excluding steroid dienone is 5. The van der Waals surface area contributed by atoms with E-state index in [2.05, 4.69) is 92.1 Å². The number of benzene rings is 1. The van der Waals surface area contributed by atoms with Crippen molar-refractivity contribution in [2.45, 2.75) is 47.5 Å². The van der Waals surface area contributed by atoms with Gasteiger partial charge in [0.25, 0.3) is 0 Å². The zero-order valence-corrected chi connectivity index (χ0v) is 22.8. The fourth-order valence-electron chi connectivity index (χ4n) is 6.50. The summed E-state index contributed by atoms with van der Waals surface area (Å²) in [6.45, 7) is 14.3. The summed E-state index contributed by atoms with van der Waals surface area (Å²) in [6.07, 6.45) is 3.90. The molecule has 0 bridgehead atoms. The molecule has 29 heavy (non-hydrogen) atoms. The summed E-state index contributed by atoms with van der Waals surface area (Å²) in [7, 11) is 0. The van der Waals surface area contributed by atoms with Gasteiger partial charge in [-0.15, -0.1) is 0 Å². The molecule has 0 amide bonds. The van der Waals surface area contributed by atoms with E-state index in [4.69, 9.17) is 0 Å². The van der Waals surface area contributed by atoms with E-state index >= 15 is 0 Å². The van der Waals surface area contributed by atoms with Crippen molar-refractivity contribution in [3.63, 3.8) is 0 Å². The Morgan fingerprint density at radius 2 is 1.59 bits per heavy atom. The van der Waals surface area contributed by atoms with Crippen LogP contribution in [0, 0.1) is 5.92 Å². The van der Waals surface area contributed by atoms with Crippen molar-refractivity contribution in [1.82, 2.24) is 4.98 Å². The van der Waals surface area contributed by atoms with Crippen molar-refractivity contribution < 1.29 is 17.4 Å². The van der Waals surface area contributed by atoms with Crippen LogP contribution in [0.2, 0.25) is 9.26 Å². The van der Waals surface area contributed by atoms with Crippen LogP contribution >= 0.6 is 0 Å². The molecule has 2 aliphatic carbocycles. The molecule has 0 N–H and O–H groups in total. The number of rotatable bonds is 3. The van der Waals surface area contributed by atoms with Gasteiger partial charge in [0.1, 0.15) is 0 Å². The van der Waals surface area contributed by atoms with E-state index in [9.17, 15) is 0 Å². The molecule has 0 aliphatic heterocycles. The first kappa shape index (κ1) is 20.9. The van der Waals surface area contributed by atoms with E-state index in [1.165, 1.54) is 22.3 Å². The Hall–Kier alpha value is -1.31. The first-order valence-corrected chi connectivity index (χ1v) is 24.2. The zero-order chi connectivity index (χ0) is 21.2. The predicted octanol–water partition coefficient (Wildman–Crippen LogP) is 6.55. The van der Waals surface area contributed by atoms with Gasteiger partial charge < -0.3 is 0 Å². The summed E-state index contributed by atoms with van der Waals surface area (Å²) in [6, 6.07) is 13.4. The van der Waals surface area contributed by atoms with Crippen LogP contribution in [-0.2, 0) is 17.4 Å². The summed E-state index contributed by atoms with van der Waals surface area (Å²) in [5.74, 6) is 0.579. The van der Waals surface area contributed by atoms with Gasteiger partial charge in [-0.3, -0.25) is 0 Å². The molecule has 4 rings (SSSR count). The molecule has 1 aromatic heterocycles. The minimum atomic E-state index is -3.37. The molecule has 2 unspecified atom stereocenters. The Labute approximate surface area is 178 Å². The number of hydrogen-bond acceptors (Lipinski definition) is 1. The van der Waals surface area contributed by atoms with E-state index in [0.717, 1.165) is 0 Å². The van der Waals surface area contributed by atoms with Crippen LogP contribution < -0.4 is 0 Å². The Balaban J connectivity index is 2.00. The summed E-state index contributed by atoms with van der Waals surface area (Å²) < 4.78 is 7.75. The van der Waals surface area contributed by atoms with Crippen molar-refractivity contribution in [2.24, 2.45) is 5.92 Å². The quantitative estimate of drug-likeness (QED) is 0.456. The summed E-state index contributed by atoms with van der Waals surface area (Å²) in [5.41, 5.74) is 11.9. The van der Waals surface area contributed by atoms with E-state index in [-0.39, 0.29) is 0 Å². The molecular formula is C26H33NSiZr. The normalized spacial score (nSPS) is 22.6. The third-order valence-corrected chi connectivity index (χ3v) is 25.2. The second kappa shape index (κ2) is 6.86. The van der Waals surface area contributed by atoms with Crippen molar-refractivity contribution >= 4 is 12.5 Å². The molecule has 1 nitrogen and oxygen atoms in total. The molecule has 1 heterocycles. The summed E-state index contributed by atoms with van der Waals surface area (Å²) in [4.78, 5) is 4.43. The van der Waals surface area contributed by atoms with Crippen LogP contribution in [0.1, 0.15) is 54.9 Å². The van der Waals surface area contributed by atoms with Gasteiger partial charge in [-0.1, -0.05) is 0 Å². The fraction of sp³-hybridized carbons (Fsp3) is 0.346. The van der Waals surface area contributed by atoms with E-state index in [1.807, 2.05) is 15.7 Å². The Bertz CT molecular complexity index is 1170. The van der Waals surface area contributed by atoms with Gasteiger partial charge in [-0.2, -0.15) is 0 Å². The maximum absolute atomic E-state index is 4.43. The number of aromatic nitrogens is 1. The number of nitrogens with zero attached hydrogens (tertiary/aromatic N) is 1. The number of pyridine rings is 1. The Morgan fingerprint density at radius 3 is 2.17 bits per heavy atom. The van der Waals surface area contributed by atoms with Crippen LogP contribution in [0.25, 0.3) is 5.57 Å². The Kier molecular flexibility index (Phi) is 4.95. The number of fused-ring (bicyclic) bond motifs is 1. The molecule has 0 radical (unpaired) electrons. The van der Waals surface area contributed by atoms with Gasteiger partial charge in [0.2, 0.25) is 0 Å². The first-order valence-electron chi connectivity index (χ1n) is 10.7. The molecule has 2 aliphatic rings. The minimum absolute atomic E-state index is 0.548. The molecule has 2 atom stereocenters. The van der Waals surface area contributed by atoms with Crippen LogP contribution in [0.5, 0.6) is 0 Å². The molecule has 0 saturated carbocycles. The van der Waals surface area contributed by atoms with Gasteiger partial charge in [-0.25, -0.2) is 0 Å². The van der Waals surface area contributed by atoms with E-state index in [1.54, 1.807) is 22.3 Å². The third-order valence-electron chi connectivity index (χ3n) is 7.77. The average molecular weight is 479 g/mol. The van der Waals surface area contributed by atoms with Gasteiger partial charge in [0.05, 0.1) is 0 Å². The first-order chi connectivity index (χ1) is 13.5. The van der Waals surface area contributed by atoms with Crippen LogP contribution in [0.15, 0.2) is 74.4 Å². The third kappa shape index (κ3) is 3.00. The van der Waals surface area contributed by atoms with Crippen LogP contribution in [-0.4, -0.2) is 11.9 Å². The van der Waals surface area contributed by atoms with Crippen LogP contribution in [0.3, 0.4) is 0 Å². The second-order valence-electron chi connectivity index (χ2n) is 10.2. The molecule has 1 aromatic carbocycles. The van der Waals surface area contributed by atoms with Gasteiger partial charge in [-0.05, 0) is 0 Å². The van der Waals surface area contributed by atoms with Crippen molar-refractivity contribution in [3.8, 4) is 0 Å². The zero-order valence-electron chi connectivity index (χ0n) is 18.9. The van der Waals surface area contributed by atoms with Gasteiger partial charge in [0.15, 0.2) is 0 Å². The second-order valence-corrected chi connectivity index (χ2v) is 39.6. The monoisotopic (exact) mass is 477 g/mol. The maximum atomic E-state index is 4.43. The molecule has 150 valence electrons. The van der Waals surface area contributed by atoms with E-state index in [0.29, 0.717) is 9.54 Å². The predicted molar refractivity (Wildman–Crippen MR) is 126 cm³/mol. The molecular weight excluding hydrogens is 446 g/mol. The summed E-state index contributed by atoms with van der Waals surface area (Å²) >= 11 is -3.37. The van der Waals surface area contributed by atoms with Crippen molar-refractivity contribution in [2.75, 3.05) is 0 Å². The van der Waals surface area contributed by atoms with Crippen molar-refractivity contribution in [1.29, 1.82) is 0 Å². The molecule has 0 spiro atoms. The van der Waals surface area contributed by atoms with Gasteiger partial charge in [0, 0.05) is 0 Å². The standard InChI is InChI=1S/C15H12N.C9H13.2CH3.H2Si.Zr/c1-11-9-12-5-2-3-7-14(12)15(11)13-6-4-8-16-10-13;1-6-5-7(2)9(4)8(6)3;;;;/h2-10H,1H3;6H,1-4H3;2*1H3;1H2;. The average Bonchev–Trinajstić information content (AvgIpc) is 3.09. The molecule has 0 saturated heterocycles. The topological polar surface area (TPSA) is 12.9 Å². The molecule has 3 heteroatoms. The number of hydrogen-bond donors (Lipinski definition) is 0. The van der Waals surface area contributed by atoms with Crippen LogP contribution in [0.4, 0.5) is 0 Å². The molecule has 0 fully saturated rings.